The predicted molar refractivity (Wildman–Crippen MR) is 68.7 cm³/mol. The summed E-state index contributed by atoms with van der Waals surface area (Å²) in [7, 11) is 1.82. The molecular weight excluding hydrogens is 256 g/mol. The second-order valence-corrected chi connectivity index (χ2v) is 5.72. The zero-order valence-electron chi connectivity index (χ0n) is 10.2. The zero-order chi connectivity index (χ0) is 13.2. The Bertz CT molecular complexity index is 419. The normalized spacial score (nSPS) is 18.7. The summed E-state index contributed by atoms with van der Waals surface area (Å²) in [6.45, 7) is 0.0317. The lowest BCUT2D eigenvalue weighted by molar-refractivity contribution is 0.167. The number of rotatable bonds is 6. The van der Waals surface area contributed by atoms with Crippen LogP contribution in [0.4, 0.5) is 8.78 Å². The molecule has 18 heavy (non-hydrogen) atoms. The van der Waals surface area contributed by atoms with E-state index in [0.717, 1.165) is 18.9 Å². The van der Waals surface area contributed by atoms with Gasteiger partial charge in [-0.1, -0.05) is 0 Å². The summed E-state index contributed by atoms with van der Waals surface area (Å²) in [5, 5.41) is 12.7. The molecule has 1 unspecified atom stereocenters. The standard InChI is InChI=1S/C13H17F2NOS/c1-16-13(7-17,9-2-3-9)8-18-12-5-4-10(14)6-11(12)15/h4-6,9,16-17H,2-3,7-8H2,1H3. The van der Waals surface area contributed by atoms with E-state index in [-0.39, 0.29) is 12.1 Å². The van der Waals surface area contributed by atoms with Crippen molar-refractivity contribution in [3.63, 3.8) is 0 Å². The number of halogens is 2. The maximum Gasteiger partial charge on any atom is 0.139 e. The van der Waals surface area contributed by atoms with Gasteiger partial charge < -0.3 is 10.4 Å². The SMILES string of the molecule is CNC(CO)(CSc1ccc(F)cc1F)C1CC1. The molecule has 1 aromatic rings. The summed E-state index contributed by atoms with van der Waals surface area (Å²) in [6, 6.07) is 3.59. The quantitative estimate of drug-likeness (QED) is 0.781. The molecule has 2 rings (SSSR count). The molecule has 0 heterocycles. The summed E-state index contributed by atoms with van der Waals surface area (Å²) in [5.74, 6) is -0.0870. The number of nitrogens with one attached hydrogen (secondary N) is 1. The van der Waals surface area contributed by atoms with Crippen LogP contribution in [0.1, 0.15) is 12.8 Å². The van der Waals surface area contributed by atoms with Crippen LogP contribution in [0.15, 0.2) is 23.1 Å². The van der Waals surface area contributed by atoms with Crippen LogP contribution in [0.2, 0.25) is 0 Å². The van der Waals surface area contributed by atoms with E-state index in [0.29, 0.717) is 16.6 Å². The third-order valence-corrected chi connectivity index (χ3v) is 4.82. The minimum Gasteiger partial charge on any atom is -0.394 e. The lowest BCUT2D eigenvalue weighted by atomic mass is 9.97. The fourth-order valence-corrected chi connectivity index (χ4v) is 3.33. The first kappa shape index (κ1) is 13.8. The van der Waals surface area contributed by atoms with Gasteiger partial charge in [-0.2, -0.15) is 0 Å². The third kappa shape index (κ3) is 2.84. The van der Waals surface area contributed by atoms with Crippen molar-refractivity contribution in [3.05, 3.63) is 29.8 Å². The first-order valence-corrected chi connectivity index (χ1v) is 6.97. The molecule has 0 aliphatic heterocycles. The molecule has 2 N–H and O–H groups in total. The number of benzene rings is 1. The molecule has 0 bridgehead atoms. The average molecular weight is 273 g/mol. The monoisotopic (exact) mass is 273 g/mol. The largest absolute Gasteiger partial charge is 0.394 e. The molecule has 0 radical (unpaired) electrons. The molecule has 1 aliphatic carbocycles. The molecule has 1 aromatic carbocycles. The number of aliphatic hydroxyl groups excluding tert-OH is 1. The van der Waals surface area contributed by atoms with Crippen molar-refractivity contribution in [1.82, 2.24) is 5.32 Å². The van der Waals surface area contributed by atoms with Crippen LogP contribution >= 0.6 is 11.8 Å². The Kier molecular flexibility index (Phi) is 4.25. The average Bonchev–Trinajstić information content (AvgIpc) is 3.18. The molecule has 1 saturated carbocycles. The highest BCUT2D eigenvalue weighted by atomic mass is 32.2. The number of hydrogen-bond acceptors (Lipinski definition) is 3. The van der Waals surface area contributed by atoms with E-state index in [4.69, 9.17) is 0 Å². The van der Waals surface area contributed by atoms with Crippen LogP contribution in [0.5, 0.6) is 0 Å². The molecule has 0 amide bonds. The van der Waals surface area contributed by atoms with Crippen LogP contribution < -0.4 is 5.32 Å². The fourth-order valence-electron chi connectivity index (χ4n) is 2.08. The van der Waals surface area contributed by atoms with Crippen molar-refractivity contribution in [3.8, 4) is 0 Å². The number of aliphatic hydroxyl groups is 1. The van der Waals surface area contributed by atoms with Crippen molar-refractivity contribution in [2.24, 2.45) is 5.92 Å². The minimum atomic E-state index is -0.568. The van der Waals surface area contributed by atoms with Gasteiger partial charge in [0.1, 0.15) is 11.6 Å². The van der Waals surface area contributed by atoms with Gasteiger partial charge in [-0.25, -0.2) is 8.78 Å². The molecule has 0 spiro atoms. The van der Waals surface area contributed by atoms with Gasteiger partial charge in [0, 0.05) is 16.7 Å². The van der Waals surface area contributed by atoms with Gasteiger partial charge in [-0.05, 0) is 37.9 Å². The number of hydrogen-bond donors (Lipinski definition) is 2. The summed E-state index contributed by atoms with van der Waals surface area (Å²) >= 11 is 1.32. The van der Waals surface area contributed by atoms with Gasteiger partial charge in [-0.3, -0.25) is 0 Å². The second-order valence-electron chi connectivity index (χ2n) is 4.70. The molecule has 1 aliphatic rings. The van der Waals surface area contributed by atoms with E-state index >= 15 is 0 Å². The van der Waals surface area contributed by atoms with E-state index in [2.05, 4.69) is 5.32 Å². The maximum atomic E-state index is 13.5. The first-order chi connectivity index (χ1) is 8.61. The predicted octanol–water partition coefficient (Wildman–Crippen LogP) is 2.42. The Hall–Kier alpha value is -0.650. The Balaban J connectivity index is 2.05. The molecule has 0 saturated heterocycles. The molecular formula is C13H17F2NOS. The van der Waals surface area contributed by atoms with Crippen LogP contribution in [-0.2, 0) is 0 Å². The summed E-state index contributed by atoms with van der Waals surface area (Å²) in [4.78, 5) is 0.421. The van der Waals surface area contributed by atoms with Crippen LogP contribution in [-0.4, -0.2) is 30.1 Å². The van der Waals surface area contributed by atoms with Gasteiger partial charge in [0.15, 0.2) is 0 Å². The number of likely N-dealkylation sites (N-methyl/N-ethyl adjacent to an activating group) is 1. The zero-order valence-corrected chi connectivity index (χ0v) is 11.1. The highest BCUT2D eigenvalue weighted by Crippen LogP contribution is 2.42. The van der Waals surface area contributed by atoms with E-state index < -0.39 is 11.6 Å². The van der Waals surface area contributed by atoms with E-state index in [9.17, 15) is 13.9 Å². The molecule has 1 atom stereocenters. The Morgan fingerprint density at radius 2 is 2.17 bits per heavy atom. The van der Waals surface area contributed by atoms with E-state index in [1.54, 1.807) is 0 Å². The summed E-state index contributed by atoms with van der Waals surface area (Å²) < 4.78 is 26.3. The van der Waals surface area contributed by atoms with Gasteiger partial charge in [0.05, 0.1) is 12.1 Å². The summed E-state index contributed by atoms with van der Waals surface area (Å²) in [5.41, 5.74) is -0.356. The lowest BCUT2D eigenvalue weighted by Gasteiger charge is -2.31. The van der Waals surface area contributed by atoms with Crippen LogP contribution in [0.3, 0.4) is 0 Å². The van der Waals surface area contributed by atoms with E-state index in [1.165, 1.54) is 23.9 Å². The fraction of sp³-hybridized carbons (Fsp3) is 0.538. The van der Waals surface area contributed by atoms with Crippen molar-refractivity contribution < 1.29 is 13.9 Å². The van der Waals surface area contributed by atoms with Gasteiger partial charge >= 0.3 is 0 Å². The van der Waals surface area contributed by atoms with Gasteiger partial charge in [0.2, 0.25) is 0 Å². The highest BCUT2D eigenvalue weighted by Gasteiger charge is 2.43. The maximum absolute atomic E-state index is 13.5. The van der Waals surface area contributed by atoms with Crippen molar-refractivity contribution >= 4 is 11.8 Å². The minimum absolute atomic E-state index is 0.0317. The van der Waals surface area contributed by atoms with Crippen LogP contribution in [0, 0.1) is 17.6 Å². The molecule has 2 nitrogen and oxygen atoms in total. The highest BCUT2D eigenvalue weighted by molar-refractivity contribution is 7.99. The molecule has 1 fully saturated rings. The number of thioether (sulfide) groups is 1. The Morgan fingerprint density at radius 3 is 2.67 bits per heavy atom. The molecule has 5 heteroatoms. The topological polar surface area (TPSA) is 32.3 Å². The Morgan fingerprint density at radius 1 is 1.44 bits per heavy atom. The smallest absolute Gasteiger partial charge is 0.139 e. The third-order valence-electron chi connectivity index (χ3n) is 3.52. The second kappa shape index (κ2) is 5.55. The molecule has 100 valence electrons. The summed E-state index contributed by atoms with van der Waals surface area (Å²) in [6.07, 6.45) is 2.18. The first-order valence-electron chi connectivity index (χ1n) is 5.99. The Labute approximate surface area is 110 Å². The molecule has 0 aromatic heterocycles. The van der Waals surface area contributed by atoms with Crippen molar-refractivity contribution in [1.29, 1.82) is 0 Å². The lowest BCUT2D eigenvalue weighted by Crippen LogP contribution is -2.51. The van der Waals surface area contributed by atoms with Gasteiger partial charge in [-0.15, -0.1) is 11.8 Å². The van der Waals surface area contributed by atoms with E-state index in [1.807, 2.05) is 7.05 Å². The van der Waals surface area contributed by atoms with Crippen molar-refractivity contribution in [2.75, 3.05) is 19.4 Å². The van der Waals surface area contributed by atoms with Crippen molar-refractivity contribution in [2.45, 2.75) is 23.3 Å². The van der Waals surface area contributed by atoms with Gasteiger partial charge in [0.25, 0.3) is 0 Å². The van der Waals surface area contributed by atoms with Crippen LogP contribution in [0.25, 0.3) is 0 Å².